The first-order valence-electron chi connectivity index (χ1n) is 25.0. The Morgan fingerprint density at radius 3 is 1.73 bits per heavy atom. The van der Waals surface area contributed by atoms with E-state index in [1.165, 1.54) is 32.6 Å². The van der Waals surface area contributed by atoms with Crippen LogP contribution in [-0.4, -0.2) is 167 Å². The number of aliphatic hydroxyl groups is 1. The van der Waals surface area contributed by atoms with Crippen LogP contribution in [0.1, 0.15) is 126 Å². The van der Waals surface area contributed by atoms with Gasteiger partial charge in [0.2, 0.25) is 70.9 Å². The number of amides is 12. The first-order chi connectivity index (χ1) is 34.7. The largest absolute Gasteiger partial charge is 0.391 e. The van der Waals surface area contributed by atoms with Crippen molar-refractivity contribution < 1.29 is 62.6 Å². The summed E-state index contributed by atoms with van der Waals surface area (Å²) in [6.07, 6.45) is -0.0478. The van der Waals surface area contributed by atoms with Gasteiger partial charge in [-0.1, -0.05) is 33.6 Å². The van der Waals surface area contributed by atoms with Gasteiger partial charge in [-0.05, 0) is 77.6 Å². The zero-order valence-electron chi connectivity index (χ0n) is 43.6. The molecule has 74 heavy (non-hydrogen) atoms. The van der Waals surface area contributed by atoms with Crippen LogP contribution in [0.5, 0.6) is 0 Å². The van der Waals surface area contributed by atoms with Gasteiger partial charge in [-0.25, -0.2) is 0 Å². The van der Waals surface area contributed by atoms with Crippen LogP contribution in [0.2, 0.25) is 0 Å². The molecule has 0 unspecified atom stereocenters. The van der Waals surface area contributed by atoms with E-state index in [4.69, 9.17) is 22.9 Å². The molecule has 1 aliphatic heterocycles. The van der Waals surface area contributed by atoms with Gasteiger partial charge < -0.3 is 80.8 Å². The number of hydrogen-bond donors (Lipinski definition) is 14. The Labute approximate surface area is 431 Å². The maximum atomic E-state index is 14.3. The van der Waals surface area contributed by atoms with E-state index in [9.17, 15) is 62.6 Å². The van der Waals surface area contributed by atoms with E-state index in [1.807, 2.05) is 0 Å². The number of nitrogens with one attached hydrogen (secondary N) is 9. The number of carbonyl (C=O) groups is 12. The van der Waals surface area contributed by atoms with E-state index in [1.54, 1.807) is 20.8 Å². The fourth-order valence-electron chi connectivity index (χ4n) is 7.62. The molecule has 1 aliphatic rings. The minimum atomic E-state index is -1.71. The Bertz CT molecular complexity index is 2000. The Hall–Kier alpha value is -7.13. The maximum absolute atomic E-state index is 14.3. The monoisotopic (exact) mass is 1050 g/mol. The number of aliphatic hydroxyl groups excluding tert-OH is 1. The lowest BCUT2D eigenvalue weighted by Crippen LogP contribution is -2.62. The lowest BCUT2D eigenvalue weighted by molar-refractivity contribution is -0.142. The number of rotatable bonds is 34. The lowest BCUT2D eigenvalue weighted by Gasteiger charge is -2.31. The van der Waals surface area contributed by atoms with Gasteiger partial charge in [-0.2, -0.15) is 0 Å². The smallest absolute Gasteiger partial charge is 0.245 e. The fraction of sp³-hybridized carbons (Fsp3) is 0.717. The Balaban J connectivity index is 3.49. The van der Waals surface area contributed by atoms with Crippen LogP contribution in [0.4, 0.5) is 0 Å². The average Bonchev–Trinajstić information content (AvgIpc) is 3.82. The highest BCUT2D eigenvalue weighted by Crippen LogP contribution is 2.21. The minimum absolute atomic E-state index is 0.000492. The number of carbonyl (C=O) groups excluding carboxylic acids is 12. The summed E-state index contributed by atoms with van der Waals surface area (Å²) >= 11 is 0. The van der Waals surface area contributed by atoms with E-state index in [2.05, 4.69) is 52.8 Å². The number of aliphatic imine (C=N–C) groups is 1. The number of unbranched alkanes of at least 4 members (excludes halogenated alkanes) is 1. The zero-order valence-corrected chi connectivity index (χ0v) is 43.6. The van der Waals surface area contributed by atoms with Crippen molar-refractivity contribution in [2.45, 2.75) is 180 Å². The van der Waals surface area contributed by atoms with Crippen LogP contribution in [0.25, 0.3) is 0 Å². The van der Waals surface area contributed by atoms with Crippen molar-refractivity contribution in [1.29, 1.82) is 0 Å². The van der Waals surface area contributed by atoms with Crippen molar-refractivity contribution >= 4 is 76.8 Å². The molecule has 0 spiro atoms. The number of nitrogens with two attached hydrogens (primary N) is 4. The molecular formula is C46H81N15O13. The molecule has 28 nitrogen and oxygen atoms in total. The Morgan fingerprint density at radius 1 is 0.635 bits per heavy atom. The summed E-state index contributed by atoms with van der Waals surface area (Å²) in [5.41, 5.74) is 21.6. The average molecular weight is 1050 g/mol. The molecular weight excluding hydrogens is 971 g/mol. The van der Waals surface area contributed by atoms with Crippen molar-refractivity contribution in [2.75, 3.05) is 26.2 Å². The highest BCUT2D eigenvalue weighted by Gasteiger charge is 2.40. The molecule has 1 heterocycles. The summed E-state index contributed by atoms with van der Waals surface area (Å²) in [5.74, 6) is -9.70. The van der Waals surface area contributed by atoms with Gasteiger partial charge in [0.25, 0.3) is 0 Å². The molecule has 1 rings (SSSR count). The molecule has 28 heteroatoms. The number of hydrogen-bond acceptors (Lipinski definition) is 14. The summed E-state index contributed by atoms with van der Waals surface area (Å²) < 4.78 is 0. The number of nitrogens with zero attached hydrogens (tertiary/aromatic N) is 2. The topological polar surface area (TPSA) is 453 Å². The third-order valence-corrected chi connectivity index (χ3v) is 12.0. The van der Waals surface area contributed by atoms with Crippen molar-refractivity contribution in [3.63, 3.8) is 0 Å². The predicted octanol–water partition coefficient (Wildman–Crippen LogP) is -5.14. The lowest BCUT2D eigenvalue weighted by atomic mass is 9.96. The molecule has 12 amide bonds. The van der Waals surface area contributed by atoms with Gasteiger partial charge in [0.15, 0.2) is 5.96 Å². The normalized spacial score (nSPS) is 16.6. The summed E-state index contributed by atoms with van der Waals surface area (Å²) in [6, 6.07) is -10.5. The maximum Gasteiger partial charge on any atom is 0.245 e. The van der Waals surface area contributed by atoms with Gasteiger partial charge in [0, 0.05) is 39.9 Å². The number of guanidine groups is 1. The molecule has 1 saturated heterocycles. The van der Waals surface area contributed by atoms with Gasteiger partial charge in [0.1, 0.15) is 48.3 Å². The number of likely N-dealkylation sites (tertiary alicyclic amines) is 1. The quantitative estimate of drug-likeness (QED) is 0.0163. The third-order valence-electron chi connectivity index (χ3n) is 12.0. The molecule has 0 bridgehead atoms. The van der Waals surface area contributed by atoms with Crippen molar-refractivity contribution in [2.24, 2.45) is 33.8 Å². The first kappa shape index (κ1) is 64.9. The summed E-state index contributed by atoms with van der Waals surface area (Å²) in [6.45, 7) is 10.1. The van der Waals surface area contributed by atoms with Gasteiger partial charge in [0.05, 0.1) is 12.6 Å². The third kappa shape index (κ3) is 24.1. The predicted molar refractivity (Wildman–Crippen MR) is 269 cm³/mol. The highest BCUT2D eigenvalue weighted by atomic mass is 16.3. The van der Waals surface area contributed by atoms with Gasteiger partial charge in [-0.3, -0.25) is 62.5 Å². The van der Waals surface area contributed by atoms with Gasteiger partial charge in [-0.15, -0.1) is 0 Å². The molecule has 10 atom stereocenters. The highest BCUT2D eigenvalue weighted by molar-refractivity contribution is 5.98. The molecule has 18 N–H and O–H groups in total. The Morgan fingerprint density at radius 2 is 1.18 bits per heavy atom. The molecule has 0 radical (unpaired) electrons. The molecule has 0 saturated carbocycles. The van der Waals surface area contributed by atoms with Gasteiger partial charge >= 0.3 is 0 Å². The summed E-state index contributed by atoms with van der Waals surface area (Å²) in [7, 11) is 0. The summed E-state index contributed by atoms with van der Waals surface area (Å²) in [4.78, 5) is 161. The van der Waals surface area contributed by atoms with Crippen molar-refractivity contribution in [1.82, 2.24) is 52.8 Å². The minimum Gasteiger partial charge on any atom is -0.391 e. The second-order valence-corrected chi connectivity index (χ2v) is 18.4. The van der Waals surface area contributed by atoms with Crippen LogP contribution >= 0.6 is 0 Å². The van der Waals surface area contributed by atoms with Crippen LogP contribution < -0.4 is 70.8 Å². The van der Waals surface area contributed by atoms with E-state index in [0.717, 1.165) is 0 Å². The molecule has 0 aromatic rings. The van der Waals surface area contributed by atoms with Crippen LogP contribution in [-0.2, 0) is 57.5 Å². The molecule has 0 aromatic carbocycles. The second-order valence-electron chi connectivity index (χ2n) is 18.4. The van der Waals surface area contributed by atoms with E-state index >= 15 is 0 Å². The first-order valence-corrected chi connectivity index (χ1v) is 25.0. The van der Waals surface area contributed by atoms with Crippen LogP contribution in [0, 0.1) is 5.92 Å². The van der Waals surface area contributed by atoms with E-state index in [0.29, 0.717) is 25.7 Å². The number of primary amides is 2. The second kappa shape index (κ2) is 33.6. The van der Waals surface area contributed by atoms with E-state index < -0.39 is 132 Å². The molecule has 0 aliphatic carbocycles. The molecule has 1 fully saturated rings. The zero-order chi connectivity index (χ0) is 56.2. The van der Waals surface area contributed by atoms with Crippen molar-refractivity contribution in [3.8, 4) is 0 Å². The standard InChI is InChI=1S/C46H81N15O13/c1-8-14-29(57-44(73)37(26(5)62)60-43(72)36(24(3)9-2)59-41(70)31(18-19-34(47)65)55-35(66)23-53-28(7)64)39(68)56-30(15-10-11-20-51-27(6)63)40(69)58-32(16-12-21-52-46(49)50)45(74)61-22-13-17-33(61)42(71)54-25(4)38(48)67/h24-26,29-33,36-37,62H,8-23H2,1-7H3,(H2,47,65)(H2,48,67)(H,51,63)(H,53,64)(H,54,71)(H,55,66)(H,56,68)(H,57,73)(H,58,69)(H,59,70)(H,60,72)(H4,49,50,52)/t24-,25+,26+,29-,30-,31-,32-,33-,36+,37-/m0/s1. The van der Waals surface area contributed by atoms with Crippen LogP contribution in [0.15, 0.2) is 4.99 Å². The molecule has 0 aromatic heterocycles. The summed E-state index contributed by atoms with van der Waals surface area (Å²) in [5, 5.41) is 33.6. The molecule has 418 valence electrons. The SMILES string of the molecule is CCC[C@H](NC(=O)[C@@H](NC(=O)[C@H](NC(=O)[C@H](CCC(N)=O)NC(=O)CNC(C)=O)[C@@H](C)CC)[C@@H](C)O)C(=O)N[C@@H](CCCCNC(C)=O)C(=O)N[C@@H](CCCN=C(N)N)C(=O)N1CCC[C@H]1C(=O)N[C@H](C)C(N)=O. The van der Waals surface area contributed by atoms with E-state index in [-0.39, 0.29) is 82.9 Å². The van der Waals surface area contributed by atoms with Crippen LogP contribution in [0.3, 0.4) is 0 Å². The van der Waals surface area contributed by atoms with Crippen molar-refractivity contribution in [3.05, 3.63) is 0 Å². The Kier molecular flexibility index (Phi) is 29.4. The fourth-order valence-corrected chi connectivity index (χ4v) is 7.62.